The van der Waals surface area contributed by atoms with E-state index in [-0.39, 0.29) is 36.8 Å². The molecule has 2 aliphatic rings. The predicted octanol–water partition coefficient (Wildman–Crippen LogP) is 2.45. The minimum absolute atomic E-state index is 0.147. The molecule has 1 heterocycles. The average molecular weight is 449 g/mol. The third-order valence-corrected chi connectivity index (χ3v) is 6.25. The molecule has 8 nitrogen and oxygen atoms in total. The Balaban J connectivity index is 1.17. The number of urea groups is 1. The quantitative estimate of drug-likeness (QED) is 0.426. The lowest BCUT2D eigenvalue weighted by Gasteiger charge is -2.20. The molecule has 0 aromatic heterocycles. The van der Waals surface area contributed by atoms with Crippen molar-refractivity contribution in [3.05, 3.63) is 60.2 Å². The Labute approximate surface area is 192 Å². The number of benzene rings is 2. The van der Waals surface area contributed by atoms with Gasteiger partial charge in [0.2, 0.25) is 5.91 Å². The monoisotopic (exact) mass is 448 g/mol. The first kappa shape index (κ1) is 22.5. The molecule has 3 N–H and O–H groups in total. The molecule has 1 saturated carbocycles. The molecule has 172 valence electrons. The van der Waals surface area contributed by atoms with E-state index in [1.165, 1.54) is 4.90 Å². The first-order valence-corrected chi connectivity index (χ1v) is 11.3. The molecule has 0 unspecified atom stereocenters. The standard InChI is InChI=1S/C25H28N4O4/c30-21(26-15-6-16-29-23(32)25(28-24(29)33)13-4-5-14-25)17-27-22(31)20-11-9-19(10-12-20)18-7-2-1-3-8-18/h1-3,7-12H,4-6,13-17H2,(H,26,30)(H,27,31)(H,28,33). The van der Waals surface area contributed by atoms with E-state index < -0.39 is 5.54 Å². The van der Waals surface area contributed by atoms with Crippen molar-refractivity contribution in [3.8, 4) is 11.1 Å². The van der Waals surface area contributed by atoms with Crippen LogP contribution in [0.4, 0.5) is 4.79 Å². The van der Waals surface area contributed by atoms with E-state index in [0.717, 1.165) is 24.0 Å². The van der Waals surface area contributed by atoms with E-state index in [1.807, 2.05) is 42.5 Å². The molecular weight excluding hydrogens is 420 g/mol. The van der Waals surface area contributed by atoms with Gasteiger partial charge in [0.15, 0.2) is 0 Å². The lowest BCUT2D eigenvalue weighted by molar-refractivity contribution is -0.131. The fraction of sp³-hybridized carbons (Fsp3) is 0.360. The van der Waals surface area contributed by atoms with Gasteiger partial charge in [-0.05, 0) is 42.5 Å². The second kappa shape index (κ2) is 9.85. The summed E-state index contributed by atoms with van der Waals surface area (Å²) in [5.74, 6) is -0.804. The molecule has 0 bridgehead atoms. The van der Waals surface area contributed by atoms with Crippen LogP contribution in [-0.2, 0) is 9.59 Å². The number of imide groups is 1. The maximum atomic E-state index is 12.6. The van der Waals surface area contributed by atoms with E-state index >= 15 is 0 Å². The largest absolute Gasteiger partial charge is 0.355 e. The van der Waals surface area contributed by atoms with Gasteiger partial charge in [-0.1, -0.05) is 55.3 Å². The molecule has 33 heavy (non-hydrogen) atoms. The van der Waals surface area contributed by atoms with Gasteiger partial charge in [0, 0.05) is 18.7 Å². The zero-order chi connectivity index (χ0) is 23.3. The zero-order valence-corrected chi connectivity index (χ0v) is 18.4. The second-order valence-electron chi connectivity index (χ2n) is 8.51. The normalized spacial score (nSPS) is 16.7. The number of hydrogen-bond acceptors (Lipinski definition) is 4. The van der Waals surface area contributed by atoms with Crippen LogP contribution >= 0.6 is 0 Å². The maximum absolute atomic E-state index is 12.6. The van der Waals surface area contributed by atoms with Crippen LogP contribution in [0.3, 0.4) is 0 Å². The molecule has 2 aromatic rings. The number of rotatable bonds is 8. The van der Waals surface area contributed by atoms with Crippen molar-refractivity contribution >= 4 is 23.8 Å². The molecule has 1 spiro atoms. The summed E-state index contributed by atoms with van der Waals surface area (Å²) >= 11 is 0. The molecule has 0 radical (unpaired) electrons. The zero-order valence-electron chi connectivity index (χ0n) is 18.4. The van der Waals surface area contributed by atoms with Gasteiger partial charge in [0.1, 0.15) is 5.54 Å². The van der Waals surface area contributed by atoms with Crippen LogP contribution < -0.4 is 16.0 Å². The molecule has 0 atom stereocenters. The topological polar surface area (TPSA) is 108 Å². The van der Waals surface area contributed by atoms with Gasteiger partial charge in [-0.2, -0.15) is 0 Å². The summed E-state index contributed by atoms with van der Waals surface area (Å²) in [6.45, 7) is 0.420. The molecule has 1 saturated heterocycles. The Hall–Kier alpha value is -3.68. The van der Waals surface area contributed by atoms with Crippen LogP contribution in [0.2, 0.25) is 0 Å². The van der Waals surface area contributed by atoms with Gasteiger partial charge >= 0.3 is 6.03 Å². The number of nitrogens with one attached hydrogen (secondary N) is 3. The van der Waals surface area contributed by atoms with Gasteiger partial charge in [-0.3, -0.25) is 19.3 Å². The summed E-state index contributed by atoms with van der Waals surface area (Å²) in [5, 5.41) is 8.16. The molecule has 4 rings (SSSR count). The van der Waals surface area contributed by atoms with Crippen molar-refractivity contribution in [2.75, 3.05) is 19.6 Å². The van der Waals surface area contributed by atoms with E-state index in [1.54, 1.807) is 12.1 Å². The number of amides is 5. The van der Waals surface area contributed by atoms with Gasteiger partial charge in [0.05, 0.1) is 6.54 Å². The van der Waals surface area contributed by atoms with Crippen LogP contribution in [-0.4, -0.2) is 53.8 Å². The molecule has 1 aliphatic heterocycles. The predicted molar refractivity (Wildman–Crippen MR) is 123 cm³/mol. The van der Waals surface area contributed by atoms with Crippen LogP contribution in [0.5, 0.6) is 0 Å². The van der Waals surface area contributed by atoms with Crippen LogP contribution in [0.15, 0.2) is 54.6 Å². The maximum Gasteiger partial charge on any atom is 0.325 e. The van der Waals surface area contributed by atoms with Crippen molar-refractivity contribution in [1.29, 1.82) is 0 Å². The molecule has 5 amide bonds. The Morgan fingerprint density at radius 2 is 1.58 bits per heavy atom. The van der Waals surface area contributed by atoms with Crippen molar-refractivity contribution in [3.63, 3.8) is 0 Å². The van der Waals surface area contributed by atoms with Gasteiger partial charge < -0.3 is 16.0 Å². The highest BCUT2D eigenvalue weighted by atomic mass is 16.2. The number of carbonyl (C=O) groups is 4. The van der Waals surface area contributed by atoms with Gasteiger partial charge in [-0.15, -0.1) is 0 Å². The highest BCUT2D eigenvalue weighted by Gasteiger charge is 2.51. The summed E-state index contributed by atoms with van der Waals surface area (Å²) in [6.07, 6.45) is 3.73. The van der Waals surface area contributed by atoms with Crippen molar-refractivity contribution in [1.82, 2.24) is 20.9 Å². The van der Waals surface area contributed by atoms with E-state index in [0.29, 0.717) is 31.4 Å². The smallest absolute Gasteiger partial charge is 0.325 e. The molecule has 8 heteroatoms. The second-order valence-corrected chi connectivity index (χ2v) is 8.51. The van der Waals surface area contributed by atoms with Crippen LogP contribution in [0.1, 0.15) is 42.5 Å². The number of carbonyl (C=O) groups excluding carboxylic acids is 4. The van der Waals surface area contributed by atoms with Crippen LogP contribution in [0, 0.1) is 0 Å². The molecule has 1 aliphatic carbocycles. The Morgan fingerprint density at radius 1 is 0.909 bits per heavy atom. The van der Waals surface area contributed by atoms with Crippen molar-refractivity contribution in [2.24, 2.45) is 0 Å². The lowest BCUT2D eigenvalue weighted by atomic mass is 9.98. The highest BCUT2D eigenvalue weighted by Crippen LogP contribution is 2.34. The summed E-state index contributed by atoms with van der Waals surface area (Å²) in [7, 11) is 0. The summed E-state index contributed by atoms with van der Waals surface area (Å²) < 4.78 is 0. The van der Waals surface area contributed by atoms with Crippen LogP contribution in [0.25, 0.3) is 11.1 Å². The van der Waals surface area contributed by atoms with Crippen molar-refractivity contribution in [2.45, 2.75) is 37.6 Å². The summed E-state index contributed by atoms with van der Waals surface area (Å²) in [5.41, 5.74) is 1.84. The Kier molecular flexibility index (Phi) is 6.72. The Bertz CT molecular complexity index is 1030. The number of hydrogen-bond donors (Lipinski definition) is 3. The first-order valence-electron chi connectivity index (χ1n) is 11.3. The number of nitrogens with zero attached hydrogens (tertiary/aromatic N) is 1. The fourth-order valence-electron chi connectivity index (χ4n) is 4.43. The SMILES string of the molecule is O=C(CNC(=O)c1ccc(-c2ccccc2)cc1)NCCCN1C(=O)NC2(CCCC2)C1=O. The minimum atomic E-state index is -0.704. The van der Waals surface area contributed by atoms with Gasteiger partial charge in [0.25, 0.3) is 11.8 Å². The summed E-state index contributed by atoms with van der Waals surface area (Å²) in [6, 6.07) is 16.7. The first-order chi connectivity index (χ1) is 16.0. The van der Waals surface area contributed by atoms with Crippen molar-refractivity contribution < 1.29 is 19.2 Å². The lowest BCUT2D eigenvalue weighted by Crippen LogP contribution is -2.44. The molecule has 2 aromatic carbocycles. The summed E-state index contributed by atoms with van der Waals surface area (Å²) in [4.78, 5) is 50.4. The van der Waals surface area contributed by atoms with Gasteiger partial charge in [-0.25, -0.2) is 4.79 Å². The third kappa shape index (κ3) is 5.05. The third-order valence-electron chi connectivity index (χ3n) is 6.25. The van der Waals surface area contributed by atoms with E-state index in [9.17, 15) is 19.2 Å². The molecule has 2 fully saturated rings. The Morgan fingerprint density at radius 3 is 2.27 bits per heavy atom. The minimum Gasteiger partial charge on any atom is -0.355 e. The van der Waals surface area contributed by atoms with E-state index in [2.05, 4.69) is 16.0 Å². The fourth-order valence-corrected chi connectivity index (χ4v) is 4.43. The molecular formula is C25H28N4O4. The van der Waals surface area contributed by atoms with E-state index in [4.69, 9.17) is 0 Å². The average Bonchev–Trinajstić information content (AvgIpc) is 3.40. The highest BCUT2D eigenvalue weighted by molar-refractivity contribution is 6.07.